The molecule has 0 saturated carbocycles. The zero-order chi connectivity index (χ0) is 51.1. The third kappa shape index (κ3) is 36.7. The number of carbonyl (C=O) groups excluding carboxylic acids is 1. The van der Waals surface area contributed by atoms with Crippen molar-refractivity contribution in [2.24, 2.45) is 0 Å². The van der Waals surface area contributed by atoms with Gasteiger partial charge in [0.25, 0.3) is 0 Å². The first-order valence-electron chi connectivity index (χ1n) is 30.1. The topological polar surface area (TPSA) is 189 Å². The molecule has 11 nitrogen and oxygen atoms in total. The largest absolute Gasteiger partial charge is 0.394 e. The van der Waals surface area contributed by atoms with E-state index in [9.17, 15) is 40.5 Å². The highest BCUT2D eigenvalue weighted by molar-refractivity contribution is 5.80. The molecule has 1 saturated heterocycles. The summed E-state index contributed by atoms with van der Waals surface area (Å²) in [4.78, 5) is 13.2. The van der Waals surface area contributed by atoms with Crippen molar-refractivity contribution in [3.05, 3.63) is 12.2 Å². The van der Waals surface area contributed by atoms with Gasteiger partial charge in [-0.05, 0) is 38.5 Å². The van der Waals surface area contributed by atoms with Crippen molar-refractivity contribution in [2.45, 2.75) is 345 Å². The molecule has 9 unspecified atom stereocenters. The van der Waals surface area contributed by atoms with Crippen LogP contribution in [0.5, 0.6) is 0 Å². The van der Waals surface area contributed by atoms with Gasteiger partial charge >= 0.3 is 0 Å². The second kappa shape index (κ2) is 48.8. The van der Waals surface area contributed by atoms with Crippen LogP contribution in [0.2, 0.25) is 0 Å². The molecule has 0 aromatic rings. The molecule has 1 heterocycles. The molecule has 8 N–H and O–H groups in total. The van der Waals surface area contributed by atoms with Crippen LogP contribution in [0.3, 0.4) is 0 Å². The van der Waals surface area contributed by atoms with Crippen molar-refractivity contribution in [1.29, 1.82) is 0 Å². The Kier molecular flexibility index (Phi) is 46.6. The lowest BCUT2D eigenvalue weighted by Crippen LogP contribution is -2.60. The molecule has 416 valence electrons. The van der Waals surface area contributed by atoms with Crippen LogP contribution in [-0.2, 0) is 14.3 Å². The van der Waals surface area contributed by atoms with E-state index >= 15 is 0 Å². The fourth-order valence-corrected chi connectivity index (χ4v) is 9.91. The molecule has 0 radical (unpaired) electrons. The number of hydrogen-bond acceptors (Lipinski definition) is 10. The van der Waals surface area contributed by atoms with Crippen LogP contribution in [0, 0.1) is 0 Å². The summed E-state index contributed by atoms with van der Waals surface area (Å²) in [6.07, 6.45) is 45.6. The van der Waals surface area contributed by atoms with Gasteiger partial charge in [0, 0.05) is 0 Å². The Balaban J connectivity index is 2.26. The number of carbonyl (C=O) groups is 1. The van der Waals surface area contributed by atoms with Crippen molar-refractivity contribution in [2.75, 3.05) is 13.2 Å². The van der Waals surface area contributed by atoms with Gasteiger partial charge in [-0.15, -0.1) is 0 Å². The number of nitrogens with one attached hydrogen (secondary N) is 1. The summed E-state index contributed by atoms with van der Waals surface area (Å²) in [5.74, 6) is -0.697. The van der Waals surface area contributed by atoms with Gasteiger partial charge in [0.05, 0.1) is 25.4 Å². The number of unbranched alkanes of at least 4 members (excludes halogenated alkanes) is 38. The minimum Gasteiger partial charge on any atom is -0.394 e. The van der Waals surface area contributed by atoms with Gasteiger partial charge in [0.2, 0.25) is 5.91 Å². The lowest BCUT2D eigenvalue weighted by molar-refractivity contribution is -0.303. The highest BCUT2D eigenvalue weighted by Crippen LogP contribution is 2.24. The van der Waals surface area contributed by atoms with Crippen LogP contribution in [-0.4, -0.2) is 110 Å². The van der Waals surface area contributed by atoms with E-state index in [1.165, 1.54) is 199 Å². The number of amides is 1. The van der Waals surface area contributed by atoms with Crippen LogP contribution in [0.25, 0.3) is 0 Å². The molecule has 0 bridgehead atoms. The first-order valence-corrected chi connectivity index (χ1v) is 30.1. The summed E-state index contributed by atoms with van der Waals surface area (Å²) in [5.41, 5.74) is 0. The number of rotatable bonds is 52. The number of ether oxygens (including phenoxy) is 2. The van der Waals surface area contributed by atoms with Crippen LogP contribution in [0.15, 0.2) is 12.2 Å². The molecule has 0 spiro atoms. The maximum Gasteiger partial charge on any atom is 0.249 e. The summed E-state index contributed by atoms with van der Waals surface area (Å²) in [6, 6.07) is -1.17. The van der Waals surface area contributed by atoms with Crippen molar-refractivity contribution in [3.63, 3.8) is 0 Å². The Bertz CT molecular complexity index is 1140. The molecular weight excluding hydrogens is 883 g/mol. The van der Waals surface area contributed by atoms with Gasteiger partial charge in [0.1, 0.15) is 36.6 Å². The van der Waals surface area contributed by atoms with Gasteiger partial charge < -0.3 is 50.5 Å². The normalized spacial score (nSPS) is 20.3. The van der Waals surface area contributed by atoms with Gasteiger partial charge in [0.15, 0.2) is 6.29 Å². The fourth-order valence-electron chi connectivity index (χ4n) is 9.91. The highest BCUT2D eigenvalue weighted by atomic mass is 16.7. The number of hydrogen-bond donors (Lipinski definition) is 8. The van der Waals surface area contributed by atoms with E-state index in [1.807, 2.05) is 0 Å². The highest BCUT2D eigenvalue weighted by Gasteiger charge is 2.44. The molecule has 1 aliphatic rings. The van der Waals surface area contributed by atoms with E-state index in [2.05, 4.69) is 31.3 Å². The van der Waals surface area contributed by atoms with E-state index in [0.29, 0.717) is 19.3 Å². The van der Waals surface area contributed by atoms with Crippen LogP contribution >= 0.6 is 0 Å². The van der Waals surface area contributed by atoms with Gasteiger partial charge in [-0.2, -0.15) is 0 Å². The van der Waals surface area contributed by atoms with Gasteiger partial charge in [-0.1, -0.05) is 264 Å². The van der Waals surface area contributed by atoms with Gasteiger partial charge in [-0.3, -0.25) is 4.79 Å². The third-order valence-electron chi connectivity index (χ3n) is 14.8. The van der Waals surface area contributed by atoms with Crippen molar-refractivity contribution in [1.82, 2.24) is 5.32 Å². The zero-order valence-electron chi connectivity index (χ0n) is 45.5. The molecule has 1 rings (SSSR count). The molecule has 1 fully saturated rings. The minimum atomic E-state index is -1.66. The van der Waals surface area contributed by atoms with E-state index in [0.717, 1.165) is 51.4 Å². The van der Waals surface area contributed by atoms with Crippen LogP contribution < -0.4 is 5.32 Å². The molecule has 0 aromatic heterocycles. The zero-order valence-corrected chi connectivity index (χ0v) is 45.5. The summed E-state index contributed by atoms with van der Waals surface area (Å²) >= 11 is 0. The maximum atomic E-state index is 13.2. The standard InChI is InChI=1S/C59H115NO10/c1-3-5-7-9-11-13-15-17-19-21-22-23-24-25-26-27-28-29-30-31-33-34-36-38-40-42-44-46-51(62)54(64)50(49-69-59-57(67)56(66)55(65)53(48-61)70-59)60-58(68)52(63)47-45-43-41-39-37-35-32-20-18-16-14-12-10-8-6-4-2/h18,20,50-57,59,61-67H,3-17,19,21-49H2,1-2H3,(H,60,68)/b20-18-. The van der Waals surface area contributed by atoms with Crippen molar-refractivity contribution < 1.29 is 50.0 Å². The molecule has 1 amide bonds. The first-order chi connectivity index (χ1) is 34.2. The second-order valence-corrected chi connectivity index (χ2v) is 21.4. The Labute approximate surface area is 430 Å². The van der Waals surface area contributed by atoms with Crippen LogP contribution in [0.1, 0.15) is 290 Å². The summed E-state index contributed by atoms with van der Waals surface area (Å²) in [5, 5.41) is 76.2. The molecule has 1 aliphatic heterocycles. The summed E-state index contributed by atoms with van der Waals surface area (Å²) < 4.78 is 11.2. The van der Waals surface area contributed by atoms with E-state index in [-0.39, 0.29) is 6.42 Å². The summed E-state index contributed by atoms with van der Waals surface area (Å²) in [6.45, 7) is 3.48. The second-order valence-electron chi connectivity index (χ2n) is 21.4. The Morgan fingerprint density at radius 2 is 0.829 bits per heavy atom. The molecule has 0 aliphatic carbocycles. The first kappa shape index (κ1) is 66.9. The SMILES string of the molecule is CCCCCCCC/C=C\CCCCCCCCC(O)C(=O)NC(COC1OC(CO)C(O)C(O)C1O)C(O)C(O)CCCCCCCCCCCCCCCCCCCCCCCCCCCCC. The number of allylic oxidation sites excluding steroid dienone is 2. The monoisotopic (exact) mass is 998 g/mol. The molecule has 11 heteroatoms. The Hall–Kier alpha value is -1.15. The number of aliphatic hydroxyl groups excluding tert-OH is 7. The maximum absolute atomic E-state index is 13.2. The molecule has 9 atom stereocenters. The van der Waals surface area contributed by atoms with E-state index in [4.69, 9.17) is 9.47 Å². The molecule has 0 aromatic carbocycles. The van der Waals surface area contributed by atoms with E-state index in [1.54, 1.807) is 0 Å². The minimum absolute atomic E-state index is 0.256. The smallest absolute Gasteiger partial charge is 0.249 e. The Morgan fingerprint density at radius 1 is 0.486 bits per heavy atom. The lowest BCUT2D eigenvalue weighted by Gasteiger charge is -2.40. The third-order valence-corrected chi connectivity index (χ3v) is 14.8. The fraction of sp³-hybridized carbons (Fsp3) is 0.949. The lowest BCUT2D eigenvalue weighted by atomic mass is 9.98. The van der Waals surface area contributed by atoms with Crippen molar-refractivity contribution >= 4 is 5.91 Å². The molecular formula is C59H115NO10. The predicted octanol–water partition coefficient (Wildman–Crippen LogP) is 12.7. The van der Waals surface area contributed by atoms with E-state index < -0.39 is 74.2 Å². The quantitative estimate of drug-likeness (QED) is 0.0215. The number of aliphatic hydroxyl groups is 7. The van der Waals surface area contributed by atoms with Crippen LogP contribution in [0.4, 0.5) is 0 Å². The average Bonchev–Trinajstić information content (AvgIpc) is 3.36. The van der Waals surface area contributed by atoms with Gasteiger partial charge in [-0.25, -0.2) is 0 Å². The Morgan fingerprint density at radius 3 is 1.20 bits per heavy atom. The average molecular weight is 999 g/mol. The predicted molar refractivity (Wildman–Crippen MR) is 289 cm³/mol. The molecule has 70 heavy (non-hydrogen) atoms. The van der Waals surface area contributed by atoms with Crippen molar-refractivity contribution in [3.8, 4) is 0 Å². The summed E-state index contributed by atoms with van der Waals surface area (Å²) in [7, 11) is 0.